The topological polar surface area (TPSA) is 62.7 Å². The molecular formula is C22H31N3O3S. The van der Waals surface area contributed by atoms with Gasteiger partial charge in [0, 0.05) is 24.0 Å². The van der Waals surface area contributed by atoms with E-state index in [4.69, 9.17) is 4.74 Å². The number of aryl methyl sites for hydroxylation is 1. The van der Waals surface area contributed by atoms with Crippen LogP contribution in [0.3, 0.4) is 0 Å². The molecule has 158 valence electrons. The first kappa shape index (κ1) is 23.0. The fraction of sp³-hybridized carbons (Fsp3) is 0.500. The second-order valence-electron chi connectivity index (χ2n) is 8.33. The Labute approximate surface area is 177 Å². The van der Waals surface area contributed by atoms with Gasteiger partial charge in [0.2, 0.25) is 5.91 Å². The third-order valence-electron chi connectivity index (χ3n) is 4.13. The summed E-state index contributed by atoms with van der Waals surface area (Å²) in [5.74, 6) is -0.478. The molecule has 2 aromatic rings. The predicted molar refractivity (Wildman–Crippen MR) is 117 cm³/mol. The lowest BCUT2D eigenvalue weighted by molar-refractivity contribution is -0.158. The molecular weight excluding hydrogens is 386 g/mol. The number of aromatic nitrogens is 1. The van der Waals surface area contributed by atoms with Crippen LogP contribution in [-0.4, -0.2) is 66.0 Å². The number of carbonyl (C=O) groups is 2. The number of hydrogen-bond donors (Lipinski definition) is 0. The quantitative estimate of drug-likeness (QED) is 0.616. The van der Waals surface area contributed by atoms with Gasteiger partial charge in [-0.2, -0.15) is 0 Å². The molecule has 0 radical (unpaired) electrons. The van der Waals surface area contributed by atoms with Crippen molar-refractivity contribution in [3.05, 3.63) is 40.2 Å². The summed E-state index contributed by atoms with van der Waals surface area (Å²) in [5.41, 5.74) is 2.31. The van der Waals surface area contributed by atoms with E-state index >= 15 is 0 Å². The highest BCUT2D eigenvalue weighted by Crippen LogP contribution is 2.22. The number of ether oxygens (including phenoxy) is 1. The molecule has 0 aliphatic carbocycles. The first-order chi connectivity index (χ1) is 13.5. The van der Waals surface area contributed by atoms with E-state index in [-0.39, 0.29) is 24.8 Å². The third kappa shape index (κ3) is 7.95. The zero-order chi connectivity index (χ0) is 21.6. The van der Waals surface area contributed by atoms with Gasteiger partial charge in [0.1, 0.15) is 12.1 Å². The van der Waals surface area contributed by atoms with Crippen molar-refractivity contribution in [1.82, 2.24) is 14.8 Å². The first-order valence-electron chi connectivity index (χ1n) is 9.69. The molecule has 0 fully saturated rings. The van der Waals surface area contributed by atoms with Crippen molar-refractivity contribution >= 4 is 23.2 Å². The SMILES string of the molecule is Cc1nc(-c2ccc(CC(=O)N(CCN(C)C)CC(=O)OC(C)(C)C)cc2)cs1. The Kier molecular flexibility index (Phi) is 7.93. The lowest BCUT2D eigenvalue weighted by Crippen LogP contribution is -2.42. The Hall–Kier alpha value is -2.25. The number of hydrogen-bond acceptors (Lipinski definition) is 6. The van der Waals surface area contributed by atoms with Crippen LogP contribution in [0.1, 0.15) is 31.3 Å². The molecule has 6 nitrogen and oxygen atoms in total. The van der Waals surface area contributed by atoms with Crippen LogP contribution in [0.2, 0.25) is 0 Å². The minimum atomic E-state index is -0.572. The molecule has 0 unspecified atom stereocenters. The van der Waals surface area contributed by atoms with E-state index in [1.165, 1.54) is 0 Å². The molecule has 0 atom stereocenters. The van der Waals surface area contributed by atoms with Crippen LogP contribution in [0.5, 0.6) is 0 Å². The molecule has 29 heavy (non-hydrogen) atoms. The highest BCUT2D eigenvalue weighted by Gasteiger charge is 2.22. The van der Waals surface area contributed by atoms with Gasteiger partial charge in [-0.25, -0.2) is 4.98 Å². The van der Waals surface area contributed by atoms with Crippen molar-refractivity contribution in [2.45, 2.75) is 39.7 Å². The number of likely N-dealkylation sites (N-methyl/N-ethyl adjacent to an activating group) is 1. The van der Waals surface area contributed by atoms with Gasteiger partial charge in [0.15, 0.2) is 0 Å². The fourth-order valence-corrected chi connectivity index (χ4v) is 3.34. The summed E-state index contributed by atoms with van der Waals surface area (Å²) in [7, 11) is 3.88. The Bertz CT molecular complexity index is 823. The average Bonchev–Trinajstić information content (AvgIpc) is 3.04. The molecule has 7 heteroatoms. The molecule has 0 bridgehead atoms. The zero-order valence-corrected chi connectivity index (χ0v) is 19.0. The van der Waals surface area contributed by atoms with E-state index in [0.29, 0.717) is 13.1 Å². The lowest BCUT2D eigenvalue weighted by Gasteiger charge is -2.26. The Morgan fingerprint density at radius 1 is 1.10 bits per heavy atom. The summed E-state index contributed by atoms with van der Waals surface area (Å²) in [5, 5.41) is 3.05. The van der Waals surface area contributed by atoms with Crippen LogP contribution in [-0.2, 0) is 20.7 Å². The fourth-order valence-electron chi connectivity index (χ4n) is 2.72. The highest BCUT2D eigenvalue weighted by molar-refractivity contribution is 7.09. The average molecular weight is 418 g/mol. The third-order valence-corrected chi connectivity index (χ3v) is 4.91. The molecule has 1 heterocycles. The molecule has 0 aliphatic heterocycles. The molecule has 0 aliphatic rings. The molecule has 0 saturated heterocycles. The summed E-state index contributed by atoms with van der Waals surface area (Å²) in [6.07, 6.45) is 0.243. The number of thiazole rings is 1. The van der Waals surface area contributed by atoms with E-state index in [1.807, 2.05) is 76.3 Å². The molecule has 2 rings (SSSR count). The maximum atomic E-state index is 12.9. The van der Waals surface area contributed by atoms with Gasteiger partial charge in [-0.1, -0.05) is 24.3 Å². The maximum absolute atomic E-state index is 12.9. The van der Waals surface area contributed by atoms with E-state index < -0.39 is 5.60 Å². The van der Waals surface area contributed by atoms with Crippen LogP contribution in [0, 0.1) is 6.92 Å². The van der Waals surface area contributed by atoms with Crippen molar-refractivity contribution in [2.24, 2.45) is 0 Å². The van der Waals surface area contributed by atoms with Crippen LogP contribution in [0.4, 0.5) is 0 Å². The van der Waals surface area contributed by atoms with Crippen molar-refractivity contribution in [2.75, 3.05) is 33.7 Å². The predicted octanol–water partition coefficient (Wildman–Crippen LogP) is 3.39. The van der Waals surface area contributed by atoms with E-state index in [1.54, 1.807) is 16.2 Å². The lowest BCUT2D eigenvalue weighted by atomic mass is 10.1. The molecule has 1 aromatic carbocycles. The highest BCUT2D eigenvalue weighted by atomic mass is 32.1. The Balaban J connectivity index is 2.04. The number of nitrogens with zero attached hydrogens (tertiary/aromatic N) is 3. The normalized spacial score (nSPS) is 11.6. The number of rotatable bonds is 8. The van der Waals surface area contributed by atoms with E-state index in [2.05, 4.69) is 4.98 Å². The Morgan fingerprint density at radius 2 is 1.76 bits per heavy atom. The van der Waals surface area contributed by atoms with Gasteiger partial charge in [0.25, 0.3) is 0 Å². The number of benzene rings is 1. The van der Waals surface area contributed by atoms with Gasteiger partial charge in [-0.15, -0.1) is 11.3 Å². The number of carbonyl (C=O) groups excluding carboxylic acids is 2. The van der Waals surface area contributed by atoms with Crippen molar-refractivity contribution in [3.63, 3.8) is 0 Å². The zero-order valence-electron chi connectivity index (χ0n) is 18.2. The molecule has 1 aromatic heterocycles. The van der Waals surface area contributed by atoms with Crippen molar-refractivity contribution < 1.29 is 14.3 Å². The van der Waals surface area contributed by atoms with Crippen LogP contribution in [0.25, 0.3) is 11.3 Å². The van der Waals surface area contributed by atoms with Crippen molar-refractivity contribution in [1.29, 1.82) is 0 Å². The summed E-state index contributed by atoms with van der Waals surface area (Å²) < 4.78 is 5.39. The summed E-state index contributed by atoms with van der Waals surface area (Å²) in [4.78, 5) is 33.2. The van der Waals surface area contributed by atoms with Gasteiger partial charge in [-0.3, -0.25) is 9.59 Å². The second kappa shape index (κ2) is 9.98. The minimum Gasteiger partial charge on any atom is -0.459 e. The van der Waals surface area contributed by atoms with Gasteiger partial charge in [-0.05, 0) is 47.4 Å². The van der Waals surface area contributed by atoms with Gasteiger partial charge < -0.3 is 14.5 Å². The standard InChI is InChI=1S/C22H31N3O3S/c1-16-23-19(15-29-16)18-9-7-17(8-10-18)13-20(26)25(12-11-24(5)6)14-21(27)28-22(2,3)4/h7-10,15H,11-14H2,1-6H3. The van der Waals surface area contributed by atoms with Gasteiger partial charge in [0.05, 0.1) is 17.1 Å². The summed E-state index contributed by atoms with van der Waals surface area (Å²) in [6, 6.07) is 7.85. The van der Waals surface area contributed by atoms with Crippen LogP contribution >= 0.6 is 11.3 Å². The smallest absolute Gasteiger partial charge is 0.326 e. The summed E-state index contributed by atoms with van der Waals surface area (Å²) >= 11 is 1.62. The van der Waals surface area contributed by atoms with Crippen LogP contribution < -0.4 is 0 Å². The first-order valence-corrected chi connectivity index (χ1v) is 10.6. The van der Waals surface area contributed by atoms with E-state index in [0.717, 1.165) is 21.8 Å². The minimum absolute atomic E-state index is 0.0415. The molecule has 1 amide bonds. The maximum Gasteiger partial charge on any atom is 0.326 e. The van der Waals surface area contributed by atoms with Gasteiger partial charge >= 0.3 is 5.97 Å². The molecule has 0 spiro atoms. The van der Waals surface area contributed by atoms with Crippen LogP contribution in [0.15, 0.2) is 29.6 Å². The molecule has 0 saturated carbocycles. The second-order valence-corrected chi connectivity index (χ2v) is 9.39. The number of amides is 1. The monoisotopic (exact) mass is 417 g/mol. The summed E-state index contributed by atoms with van der Waals surface area (Å²) in [6.45, 7) is 8.55. The van der Waals surface area contributed by atoms with E-state index in [9.17, 15) is 9.59 Å². The largest absolute Gasteiger partial charge is 0.459 e. The Morgan fingerprint density at radius 3 is 2.28 bits per heavy atom. The number of esters is 1. The molecule has 0 N–H and O–H groups in total. The van der Waals surface area contributed by atoms with Crippen molar-refractivity contribution in [3.8, 4) is 11.3 Å².